The van der Waals surface area contributed by atoms with Gasteiger partial charge in [0.05, 0.1) is 4.92 Å². The van der Waals surface area contributed by atoms with E-state index in [-0.39, 0.29) is 0 Å². The van der Waals surface area contributed by atoms with Crippen LogP contribution in [-0.2, 0) is 0 Å². The van der Waals surface area contributed by atoms with Crippen LogP contribution in [0.1, 0.15) is 6.42 Å². The Kier molecular flexibility index (Phi) is 2.53. The first-order chi connectivity index (χ1) is 5.20. The van der Waals surface area contributed by atoms with E-state index in [1.165, 1.54) is 4.42 Å². The van der Waals surface area contributed by atoms with E-state index in [2.05, 4.69) is 5.32 Å². The van der Waals surface area contributed by atoms with Crippen molar-refractivity contribution in [3.05, 3.63) is 22.1 Å². The summed E-state index contributed by atoms with van der Waals surface area (Å²) in [5, 5.41) is 12.8. The van der Waals surface area contributed by atoms with E-state index < -0.39 is 4.92 Å². The first-order valence-corrected chi connectivity index (χ1v) is 3.56. The maximum Gasteiger partial charge on any atom is 0.275 e. The van der Waals surface area contributed by atoms with Crippen LogP contribution in [0.25, 0.3) is 0 Å². The monoisotopic (exact) mass is 177 g/mol. The van der Waals surface area contributed by atoms with Gasteiger partial charge in [-0.2, -0.15) is 0 Å². The molecule has 0 aromatic rings. The Morgan fingerprint density at radius 3 is 3.09 bits per heavy atom. The minimum Gasteiger partial charge on any atom is -0.366 e. The molecule has 1 aliphatic heterocycles. The number of nitrogens with zero attached hydrogens (tertiary/aromatic N) is 2. The maximum absolute atomic E-state index is 10.0. The average Bonchev–Trinajstić information content (AvgIpc) is 1.93. The molecule has 5 nitrogen and oxygen atoms in total. The predicted molar refractivity (Wildman–Crippen MR) is 40.3 cm³/mol. The van der Waals surface area contributed by atoms with Crippen LogP contribution < -0.4 is 5.32 Å². The molecule has 1 N–H and O–H groups in total. The highest BCUT2D eigenvalue weighted by atomic mass is 35.5. The third-order valence-electron chi connectivity index (χ3n) is 1.33. The van der Waals surface area contributed by atoms with Crippen molar-refractivity contribution in [2.75, 3.05) is 13.1 Å². The Morgan fingerprint density at radius 1 is 1.82 bits per heavy atom. The van der Waals surface area contributed by atoms with Crippen molar-refractivity contribution in [2.24, 2.45) is 0 Å². The second-order valence-electron chi connectivity index (χ2n) is 2.17. The molecular formula is C5H8ClN3O2. The minimum atomic E-state index is -0.525. The van der Waals surface area contributed by atoms with Gasteiger partial charge in [0.25, 0.3) is 6.20 Å². The average molecular weight is 178 g/mol. The van der Waals surface area contributed by atoms with Crippen LogP contribution in [0.4, 0.5) is 0 Å². The van der Waals surface area contributed by atoms with Crippen LogP contribution >= 0.6 is 11.8 Å². The van der Waals surface area contributed by atoms with Gasteiger partial charge in [-0.3, -0.25) is 14.5 Å². The SMILES string of the molecule is O=[N+]([O-])/C=C1\NCCCN1Cl. The van der Waals surface area contributed by atoms with Gasteiger partial charge in [0.15, 0.2) is 5.82 Å². The molecule has 11 heavy (non-hydrogen) atoms. The van der Waals surface area contributed by atoms with Gasteiger partial charge in [0, 0.05) is 24.9 Å². The maximum atomic E-state index is 10.0. The largest absolute Gasteiger partial charge is 0.366 e. The molecule has 0 unspecified atom stereocenters. The van der Waals surface area contributed by atoms with Gasteiger partial charge in [-0.1, -0.05) is 0 Å². The molecule has 0 aliphatic carbocycles. The predicted octanol–water partition coefficient (Wildman–Crippen LogP) is 0.511. The number of nitrogens with one attached hydrogen (secondary N) is 1. The fourth-order valence-electron chi connectivity index (χ4n) is 0.849. The summed E-state index contributed by atoms with van der Waals surface area (Å²) in [6.45, 7) is 1.39. The zero-order chi connectivity index (χ0) is 8.27. The Morgan fingerprint density at radius 2 is 2.55 bits per heavy atom. The fraction of sp³-hybridized carbons (Fsp3) is 0.600. The first-order valence-electron chi connectivity index (χ1n) is 3.22. The molecule has 0 amide bonds. The molecule has 62 valence electrons. The lowest BCUT2D eigenvalue weighted by molar-refractivity contribution is -0.404. The second-order valence-corrected chi connectivity index (χ2v) is 2.57. The Hall–Kier alpha value is -0.970. The smallest absolute Gasteiger partial charge is 0.275 e. The van der Waals surface area contributed by atoms with Crippen molar-refractivity contribution in [1.29, 1.82) is 0 Å². The normalized spacial score (nSPS) is 21.5. The van der Waals surface area contributed by atoms with E-state index in [1.807, 2.05) is 0 Å². The summed E-state index contributed by atoms with van der Waals surface area (Å²) in [7, 11) is 0. The van der Waals surface area contributed by atoms with E-state index in [0.717, 1.165) is 19.2 Å². The van der Waals surface area contributed by atoms with E-state index in [1.54, 1.807) is 0 Å². The third-order valence-corrected chi connectivity index (χ3v) is 1.68. The summed E-state index contributed by atoms with van der Waals surface area (Å²) in [5.74, 6) is 0.364. The van der Waals surface area contributed by atoms with Gasteiger partial charge in [0.2, 0.25) is 0 Å². The number of nitro groups is 1. The summed E-state index contributed by atoms with van der Waals surface area (Å²) in [5.41, 5.74) is 0. The molecule has 1 rings (SSSR count). The lowest BCUT2D eigenvalue weighted by atomic mass is 10.3. The zero-order valence-electron chi connectivity index (χ0n) is 5.79. The van der Waals surface area contributed by atoms with Gasteiger partial charge < -0.3 is 5.32 Å². The van der Waals surface area contributed by atoms with Crippen molar-refractivity contribution in [3.63, 3.8) is 0 Å². The lowest BCUT2D eigenvalue weighted by Crippen LogP contribution is -2.34. The van der Waals surface area contributed by atoms with E-state index in [9.17, 15) is 10.1 Å². The summed E-state index contributed by atoms with van der Waals surface area (Å²) in [4.78, 5) is 9.49. The van der Waals surface area contributed by atoms with Crippen LogP contribution in [0.5, 0.6) is 0 Å². The number of rotatable bonds is 1. The molecule has 0 radical (unpaired) electrons. The van der Waals surface area contributed by atoms with E-state index in [4.69, 9.17) is 11.8 Å². The first kappa shape index (κ1) is 8.13. The summed E-state index contributed by atoms with van der Waals surface area (Å²) < 4.78 is 1.31. The topological polar surface area (TPSA) is 58.4 Å². The second kappa shape index (κ2) is 3.43. The van der Waals surface area contributed by atoms with Gasteiger partial charge in [-0.15, -0.1) is 0 Å². The van der Waals surface area contributed by atoms with Crippen LogP contribution in [0.2, 0.25) is 0 Å². The molecule has 0 saturated carbocycles. The Labute approximate surface area is 68.9 Å². The standard InChI is InChI=1S/C5H8ClN3O2/c6-8-3-1-2-7-5(8)4-9(10)11/h4,7H,1-3H2/b5-4+. The van der Waals surface area contributed by atoms with E-state index >= 15 is 0 Å². The number of hydrogen-bond acceptors (Lipinski definition) is 4. The highest BCUT2D eigenvalue weighted by Gasteiger charge is 2.14. The molecular weight excluding hydrogens is 170 g/mol. The molecule has 0 aromatic carbocycles. The third kappa shape index (κ3) is 2.27. The number of halogens is 1. The van der Waals surface area contributed by atoms with Crippen molar-refractivity contribution in [3.8, 4) is 0 Å². The van der Waals surface area contributed by atoms with Crippen LogP contribution in [0, 0.1) is 10.1 Å². The fourth-order valence-corrected chi connectivity index (χ4v) is 1.07. The molecule has 0 bridgehead atoms. The quantitative estimate of drug-likeness (QED) is 0.360. The molecule has 0 atom stereocenters. The van der Waals surface area contributed by atoms with Crippen LogP contribution in [-0.4, -0.2) is 22.4 Å². The van der Waals surface area contributed by atoms with Crippen LogP contribution in [0.15, 0.2) is 12.0 Å². The van der Waals surface area contributed by atoms with Crippen molar-refractivity contribution >= 4 is 11.8 Å². The lowest BCUT2D eigenvalue weighted by Gasteiger charge is -2.23. The highest BCUT2D eigenvalue weighted by molar-refractivity contribution is 6.14. The molecule has 0 spiro atoms. The summed E-state index contributed by atoms with van der Waals surface area (Å²) in [6.07, 6.45) is 1.77. The molecule has 1 fully saturated rings. The molecule has 1 aliphatic rings. The van der Waals surface area contributed by atoms with Crippen molar-refractivity contribution in [2.45, 2.75) is 6.42 Å². The summed E-state index contributed by atoms with van der Waals surface area (Å²) in [6, 6.07) is 0. The number of hydrogen-bond donors (Lipinski definition) is 1. The summed E-state index contributed by atoms with van der Waals surface area (Å²) >= 11 is 5.62. The highest BCUT2D eigenvalue weighted by Crippen LogP contribution is 2.09. The van der Waals surface area contributed by atoms with Crippen LogP contribution in [0.3, 0.4) is 0 Å². The molecule has 1 heterocycles. The zero-order valence-corrected chi connectivity index (χ0v) is 6.54. The Balaban J connectivity index is 2.60. The molecule has 1 saturated heterocycles. The van der Waals surface area contributed by atoms with Gasteiger partial charge in [0.1, 0.15) is 0 Å². The van der Waals surface area contributed by atoms with Crippen molar-refractivity contribution < 1.29 is 4.92 Å². The van der Waals surface area contributed by atoms with Crippen molar-refractivity contribution in [1.82, 2.24) is 9.74 Å². The van der Waals surface area contributed by atoms with Gasteiger partial charge in [-0.25, -0.2) is 0 Å². The van der Waals surface area contributed by atoms with Gasteiger partial charge >= 0.3 is 0 Å². The molecule has 6 heteroatoms. The van der Waals surface area contributed by atoms with Gasteiger partial charge in [-0.05, 0) is 6.42 Å². The minimum absolute atomic E-state index is 0.364. The van der Waals surface area contributed by atoms with E-state index in [0.29, 0.717) is 12.4 Å². The molecule has 0 aromatic heterocycles. The Bertz CT molecular complexity index is 194.